The van der Waals surface area contributed by atoms with E-state index in [1.165, 1.54) is 5.56 Å². The van der Waals surface area contributed by atoms with Gasteiger partial charge < -0.3 is 5.32 Å². The summed E-state index contributed by atoms with van der Waals surface area (Å²) < 4.78 is 79.4. The van der Waals surface area contributed by atoms with E-state index in [-0.39, 0.29) is 24.2 Å². The third-order valence-electron chi connectivity index (χ3n) is 6.67. The second-order valence-corrected chi connectivity index (χ2v) is 9.85. The summed E-state index contributed by atoms with van der Waals surface area (Å²) in [6, 6.07) is 19.1. The lowest BCUT2D eigenvalue weighted by atomic mass is 10.0. The number of alkyl halides is 6. The average Bonchev–Trinajstić information content (AvgIpc) is 2.88. The average molecular weight is 556 g/mol. The molecule has 1 heterocycles. The van der Waals surface area contributed by atoms with E-state index < -0.39 is 23.5 Å². The minimum atomic E-state index is -4.87. The van der Waals surface area contributed by atoms with E-state index in [0.717, 1.165) is 50.4 Å². The molecule has 38 heavy (non-hydrogen) atoms. The molecule has 1 fully saturated rings. The van der Waals surface area contributed by atoms with Gasteiger partial charge in [0.05, 0.1) is 11.1 Å². The first-order chi connectivity index (χ1) is 18.0. The van der Waals surface area contributed by atoms with Crippen molar-refractivity contribution in [2.45, 2.75) is 31.5 Å². The molecule has 4 rings (SSSR count). The quantitative estimate of drug-likeness (QED) is 0.301. The minimum Gasteiger partial charge on any atom is -0.311 e. The van der Waals surface area contributed by atoms with E-state index >= 15 is 0 Å². The zero-order valence-corrected chi connectivity index (χ0v) is 21.3. The van der Waals surface area contributed by atoms with Crippen LogP contribution < -0.4 is 5.32 Å². The van der Waals surface area contributed by atoms with Gasteiger partial charge in [-0.25, -0.2) is 0 Å². The third-order valence-corrected chi connectivity index (χ3v) is 6.92. The van der Waals surface area contributed by atoms with Gasteiger partial charge in [0.1, 0.15) is 0 Å². The molecule has 0 aromatic heterocycles. The molecular formula is C28H28ClF6N3. The first-order valence-electron chi connectivity index (χ1n) is 12.2. The van der Waals surface area contributed by atoms with Crippen LogP contribution in [0.25, 0.3) is 0 Å². The Kier molecular flexibility index (Phi) is 9.03. The second kappa shape index (κ2) is 12.1. The van der Waals surface area contributed by atoms with Gasteiger partial charge >= 0.3 is 12.4 Å². The van der Waals surface area contributed by atoms with Gasteiger partial charge in [0.15, 0.2) is 0 Å². The van der Waals surface area contributed by atoms with Crippen molar-refractivity contribution in [3.05, 3.63) is 106 Å². The number of piperazine rings is 1. The van der Waals surface area contributed by atoms with Crippen LogP contribution in [0.1, 0.15) is 33.9 Å². The van der Waals surface area contributed by atoms with E-state index in [4.69, 9.17) is 11.6 Å². The van der Waals surface area contributed by atoms with E-state index in [1.54, 1.807) is 0 Å². The van der Waals surface area contributed by atoms with Gasteiger partial charge in [-0.1, -0.05) is 54.1 Å². The molecule has 1 aliphatic heterocycles. The molecule has 0 spiro atoms. The summed E-state index contributed by atoms with van der Waals surface area (Å²) in [4.78, 5) is 4.64. The summed E-state index contributed by atoms with van der Waals surface area (Å²) in [7, 11) is 0. The maximum absolute atomic E-state index is 13.2. The van der Waals surface area contributed by atoms with Crippen molar-refractivity contribution in [1.82, 2.24) is 15.1 Å². The number of benzene rings is 3. The highest BCUT2D eigenvalue weighted by molar-refractivity contribution is 6.30. The molecule has 3 aromatic rings. The predicted octanol–water partition coefficient (Wildman–Crippen LogP) is 7.03. The number of rotatable bonds is 8. The Labute approximate surface area is 223 Å². The van der Waals surface area contributed by atoms with E-state index in [1.807, 2.05) is 54.6 Å². The fraction of sp³-hybridized carbons (Fsp3) is 0.357. The maximum atomic E-state index is 13.2. The van der Waals surface area contributed by atoms with Crippen molar-refractivity contribution in [1.29, 1.82) is 0 Å². The van der Waals surface area contributed by atoms with Crippen molar-refractivity contribution >= 4 is 11.6 Å². The number of hydrogen-bond acceptors (Lipinski definition) is 3. The van der Waals surface area contributed by atoms with Gasteiger partial charge in [-0.05, 0) is 47.0 Å². The molecule has 0 bridgehead atoms. The van der Waals surface area contributed by atoms with Crippen LogP contribution in [0.5, 0.6) is 0 Å². The molecule has 1 unspecified atom stereocenters. The Bertz CT molecular complexity index is 1140. The monoisotopic (exact) mass is 555 g/mol. The molecule has 0 aliphatic carbocycles. The number of halogens is 7. The lowest BCUT2D eigenvalue weighted by Crippen LogP contribution is -2.49. The van der Waals surface area contributed by atoms with Gasteiger partial charge in [0, 0.05) is 56.9 Å². The van der Waals surface area contributed by atoms with Gasteiger partial charge in [0.2, 0.25) is 0 Å². The van der Waals surface area contributed by atoms with Gasteiger partial charge in [-0.3, -0.25) is 9.80 Å². The SMILES string of the molecule is FC(F)(F)c1cc(CNCC(c2ccccc2)N2CCN(Cc3ccc(Cl)cc3)CC2)cc(C(F)(F)F)c1. The minimum absolute atomic E-state index is 0.0632. The summed E-state index contributed by atoms with van der Waals surface area (Å²) in [5, 5.41) is 3.80. The Morgan fingerprint density at radius 1 is 0.737 bits per heavy atom. The number of nitrogens with zero attached hydrogens (tertiary/aromatic N) is 2. The molecule has 0 radical (unpaired) electrons. The van der Waals surface area contributed by atoms with E-state index in [2.05, 4.69) is 15.1 Å². The van der Waals surface area contributed by atoms with Crippen LogP contribution in [-0.4, -0.2) is 42.5 Å². The fourth-order valence-electron chi connectivity index (χ4n) is 4.69. The highest BCUT2D eigenvalue weighted by Crippen LogP contribution is 2.36. The largest absolute Gasteiger partial charge is 0.416 e. The zero-order chi connectivity index (χ0) is 27.3. The Hall–Kier alpha value is -2.59. The van der Waals surface area contributed by atoms with E-state index in [9.17, 15) is 26.3 Å². The van der Waals surface area contributed by atoms with E-state index in [0.29, 0.717) is 11.6 Å². The van der Waals surface area contributed by atoms with Crippen molar-refractivity contribution < 1.29 is 26.3 Å². The highest BCUT2D eigenvalue weighted by Gasteiger charge is 2.37. The summed E-state index contributed by atoms with van der Waals surface area (Å²) in [6.45, 7) is 4.26. The smallest absolute Gasteiger partial charge is 0.311 e. The van der Waals surface area contributed by atoms with Crippen LogP contribution in [0.3, 0.4) is 0 Å². The van der Waals surface area contributed by atoms with Gasteiger partial charge in [0.25, 0.3) is 0 Å². The first kappa shape index (κ1) is 28.4. The summed E-state index contributed by atoms with van der Waals surface area (Å²) in [6.07, 6.45) is -9.73. The normalized spacial score (nSPS) is 16.5. The summed E-state index contributed by atoms with van der Waals surface area (Å²) in [5.41, 5.74) is -0.470. The van der Waals surface area contributed by atoms with Crippen molar-refractivity contribution in [3.8, 4) is 0 Å². The molecule has 10 heteroatoms. The maximum Gasteiger partial charge on any atom is 0.416 e. The Balaban J connectivity index is 1.42. The Morgan fingerprint density at radius 2 is 1.32 bits per heavy atom. The lowest BCUT2D eigenvalue weighted by molar-refractivity contribution is -0.143. The molecular weight excluding hydrogens is 528 g/mol. The molecule has 204 valence electrons. The molecule has 3 aromatic carbocycles. The summed E-state index contributed by atoms with van der Waals surface area (Å²) in [5.74, 6) is 0. The van der Waals surface area contributed by atoms with Crippen LogP contribution in [0.4, 0.5) is 26.3 Å². The van der Waals surface area contributed by atoms with Gasteiger partial charge in [-0.2, -0.15) is 26.3 Å². The second-order valence-electron chi connectivity index (χ2n) is 9.41. The van der Waals surface area contributed by atoms with Crippen LogP contribution >= 0.6 is 11.6 Å². The van der Waals surface area contributed by atoms with Crippen molar-refractivity contribution in [2.75, 3.05) is 32.7 Å². The molecule has 1 aliphatic rings. The standard InChI is InChI=1S/C28H28ClF6N3/c29-25-8-6-20(7-9-25)19-37-10-12-38(13-11-37)26(22-4-2-1-3-5-22)18-36-17-21-14-23(27(30,31)32)16-24(15-21)28(33,34)35/h1-9,14-16,26,36H,10-13,17-19H2. The Morgan fingerprint density at radius 3 is 1.87 bits per heavy atom. The van der Waals surface area contributed by atoms with Crippen molar-refractivity contribution in [2.24, 2.45) is 0 Å². The molecule has 1 atom stereocenters. The fourth-order valence-corrected chi connectivity index (χ4v) is 4.81. The topological polar surface area (TPSA) is 18.5 Å². The van der Waals surface area contributed by atoms with Crippen LogP contribution in [0.2, 0.25) is 5.02 Å². The van der Waals surface area contributed by atoms with Crippen LogP contribution in [0, 0.1) is 0 Å². The number of hydrogen-bond donors (Lipinski definition) is 1. The summed E-state index contributed by atoms with van der Waals surface area (Å²) >= 11 is 5.98. The van der Waals surface area contributed by atoms with Crippen LogP contribution in [0.15, 0.2) is 72.8 Å². The lowest BCUT2D eigenvalue weighted by Gasteiger charge is -2.39. The molecule has 3 nitrogen and oxygen atoms in total. The van der Waals surface area contributed by atoms with Gasteiger partial charge in [-0.15, -0.1) is 0 Å². The number of nitrogens with one attached hydrogen (secondary N) is 1. The predicted molar refractivity (Wildman–Crippen MR) is 136 cm³/mol. The first-order valence-corrected chi connectivity index (χ1v) is 12.6. The van der Waals surface area contributed by atoms with Crippen molar-refractivity contribution in [3.63, 3.8) is 0 Å². The molecule has 0 saturated carbocycles. The third kappa shape index (κ3) is 7.72. The molecule has 1 saturated heterocycles. The van der Waals surface area contributed by atoms with Crippen LogP contribution in [-0.2, 0) is 25.4 Å². The highest BCUT2D eigenvalue weighted by atomic mass is 35.5. The molecule has 1 N–H and O–H groups in total. The zero-order valence-electron chi connectivity index (χ0n) is 20.5. The molecule has 0 amide bonds.